The molecule has 0 aromatic carbocycles. The van der Waals surface area contributed by atoms with Gasteiger partial charge in [-0.25, -0.2) is 9.78 Å². The van der Waals surface area contributed by atoms with E-state index in [0.29, 0.717) is 30.4 Å². The molecule has 0 aliphatic carbocycles. The van der Waals surface area contributed by atoms with Crippen molar-refractivity contribution in [3.63, 3.8) is 0 Å². The van der Waals surface area contributed by atoms with Gasteiger partial charge in [0, 0.05) is 17.8 Å². The van der Waals surface area contributed by atoms with E-state index in [0.717, 1.165) is 0 Å². The van der Waals surface area contributed by atoms with E-state index in [9.17, 15) is 4.79 Å². The van der Waals surface area contributed by atoms with Gasteiger partial charge in [0.05, 0.1) is 0 Å². The minimum Gasteiger partial charge on any atom is -0.484 e. The van der Waals surface area contributed by atoms with Gasteiger partial charge in [0.15, 0.2) is 5.75 Å². The van der Waals surface area contributed by atoms with Gasteiger partial charge in [-0.3, -0.25) is 0 Å². The SMILES string of the molecule is O=C=Cc1cnc2c(c1)OCCO2. The van der Waals surface area contributed by atoms with Crippen molar-refractivity contribution in [2.75, 3.05) is 13.2 Å². The summed E-state index contributed by atoms with van der Waals surface area (Å²) in [6.45, 7) is 1.03. The van der Waals surface area contributed by atoms with Gasteiger partial charge in [0.2, 0.25) is 0 Å². The van der Waals surface area contributed by atoms with Gasteiger partial charge < -0.3 is 9.47 Å². The number of carbonyl (C=O) groups excluding carboxylic acids is 1. The van der Waals surface area contributed by atoms with Crippen LogP contribution in [0.5, 0.6) is 11.6 Å². The van der Waals surface area contributed by atoms with Gasteiger partial charge >= 0.3 is 0 Å². The molecule has 0 unspecified atom stereocenters. The average Bonchev–Trinajstić information content (AvgIpc) is 2.18. The van der Waals surface area contributed by atoms with Crippen molar-refractivity contribution in [3.8, 4) is 11.6 Å². The molecule has 4 heteroatoms. The number of rotatable bonds is 1. The molecule has 0 N–H and O–H groups in total. The largest absolute Gasteiger partial charge is 0.484 e. The number of pyridine rings is 1. The van der Waals surface area contributed by atoms with Crippen LogP contribution >= 0.6 is 0 Å². The Bertz CT molecular complexity index is 369. The number of aromatic nitrogens is 1. The zero-order chi connectivity index (χ0) is 9.10. The molecule has 1 aliphatic heterocycles. The normalized spacial score (nSPS) is 13.2. The lowest BCUT2D eigenvalue weighted by Gasteiger charge is -2.16. The first-order chi connectivity index (χ1) is 6.40. The number of ether oxygens (including phenoxy) is 2. The van der Waals surface area contributed by atoms with Gasteiger partial charge in [-0.1, -0.05) is 0 Å². The van der Waals surface area contributed by atoms with Gasteiger partial charge in [0.25, 0.3) is 5.88 Å². The lowest BCUT2D eigenvalue weighted by Crippen LogP contribution is -2.16. The monoisotopic (exact) mass is 177 g/mol. The second kappa shape index (κ2) is 3.29. The van der Waals surface area contributed by atoms with Crippen LogP contribution in [0.3, 0.4) is 0 Å². The second-order valence-corrected chi connectivity index (χ2v) is 2.53. The van der Waals surface area contributed by atoms with Gasteiger partial charge in [-0.15, -0.1) is 0 Å². The molecular formula is C9H7NO3. The Hall–Kier alpha value is -1.80. The van der Waals surface area contributed by atoms with Crippen molar-refractivity contribution < 1.29 is 14.3 Å². The summed E-state index contributed by atoms with van der Waals surface area (Å²) in [7, 11) is 0. The fraction of sp³-hybridized carbons (Fsp3) is 0.222. The van der Waals surface area contributed by atoms with Crippen molar-refractivity contribution in [1.82, 2.24) is 4.98 Å². The zero-order valence-corrected chi connectivity index (χ0v) is 6.82. The highest BCUT2D eigenvalue weighted by molar-refractivity contribution is 5.75. The maximum Gasteiger partial charge on any atom is 0.257 e. The van der Waals surface area contributed by atoms with Crippen LogP contribution in [0.4, 0.5) is 0 Å². The molecule has 66 valence electrons. The summed E-state index contributed by atoms with van der Waals surface area (Å²) in [5, 5.41) is 0. The van der Waals surface area contributed by atoms with Gasteiger partial charge in [0.1, 0.15) is 19.2 Å². The number of hydrogen-bond donors (Lipinski definition) is 0. The van der Waals surface area contributed by atoms with Crippen LogP contribution in [0, 0.1) is 0 Å². The van der Waals surface area contributed by atoms with E-state index in [4.69, 9.17) is 9.47 Å². The lowest BCUT2D eigenvalue weighted by molar-refractivity contribution is 0.164. The van der Waals surface area contributed by atoms with Crippen molar-refractivity contribution >= 4 is 12.0 Å². The van der Waals surface area contributed by atoms with E-state index < -0.39 is 0 Å². The molecule has 0 radical (unpaired) electrons. The minimum absolute atomic E-state index is 0.481. The Morgan fingerprint density at radius 1 is 1.46 bits per heavy atom. The minimum atomic E-state index is 0.481. The molecule has 0 amide bonds. The summed E-state index contributed by atoms with van der Waals surface area (Å²) >= 11 is 0. The number of fused-ring (bicyclic) bond motifs is 1. The predicted molar refractivity (Wildman–Crippen MR) is 45.4 cm³/mol. The first-order valence-electron chi connectivity index (χ1n) is 3.86. The number of hydrogen-bond acceptors (Lipinski definition) is 4. The van der Waals surface area contributed by atoms with Crippen LogP contribution in [0.25, 0.3) is 6.08 Å². The molecule has 2 rings (SSSR count). The maximum absolute atomic E-state index is 10.1. The van der Waals surface area contributed by atoms with E-state index in [1.807, 2.05) is 0 Å². The Morgan fingerprint density at radius 2 is 2.31 bits per heavy atom. The van der Waals surface area contributed by atoms with Gasteiger partial charge in [-0.05, 0) is 6.07 Å². The Labute approximate surface area is 74.8 Å². The van der Waals surface area contributed by atoms with Gasteiger partial charge in [-0.2, -0.15) is 0 Å². The molecule has 2 heterocycles. The average molecular weight is 177 g/mol. The quantitative estimate of drug-likeness (QED) is 0.592. The second-order valence-electron chi connectivity index (χ2n) is 2.53. The summed E-state index contributed by atoms with van der Waals surface area (Å²) in [5.74, 6) is 2.74. The molecule has 0 spiro atoms. The van der Waals surface area contributed by atoms with Crippen molar-refractivity contribution in [1.29, 1.82) is 0 Å². The summed E-state index contributed by atoms with van der Waals surface area (Å²) in [4.78, 5) is 14.0. The first kappa shape index (κ1) is 7.83. The topological polar surface area (TPSA) is 48.4 Å². The van der Waals surface area contributed by atoms with Crippen molar-refractivity contribution in [3.05, 3.63) is 17.8 Å². The third-order valence-electron chi connectivity index (χ3n) is 1.64. The molecule has 0 fully saturated rings. The summed E-state index contributed by atoms with van der Waals surface area (Å²) < 4.78 is 10.5. The maximum atomic E-state index is 10.1. The highest BCUT2D eigenvalue weighted by Crippen LogP contribution is 2.27. The van der Waals surface area contributed by atoms with Crippen LogP contribution in [-0.4, -0.2) is 24.1 Å². The third-order valence-corrected chi connectivity index (χ3v) is 1.64. The Morgan fingerprint density at radius 3 is 3.15 bits per heavy atom. The molecule has 1 aromatic heterocycles. The van der Waals surface area contributed by atoms with E-state index in [-0.39, 0.29) is 0 Å². The van der Waals surface area contributed by atoms with Crippen LogP contribution in [0.1, 0.15) is 5.56 Å². The standard InChI is InChI=1S/C9H7NO3/c11-2-1-7-5-8-9(10-6-7)13-4-3-12-8/h1,5-6H,3-4H2. The summed E-state index contributed by atoms with van der Waals surface area (Å²) in [6.07, 6.45) is 2.84. The van der Waals surface area contributed by atoms with E-state index >= 15 is 0 Å². The molecule has 0 atom stereocenters. The molecule has 0 saturated carbocycles. The van der Waals surface area contributed by atoms with E-state index in [2.05, 4.69) is 4.98 Å². The fourth-order valence-corrected chi connectivity index (χ4v) is 1.10. The third kappa shape index (κ3) is 1.53. The highest BCUT2D eigenvalue weighted by atomic mass is 16.6. The zero-order valence-electron chi connectivity index (χ0n) is 6.82. The molecule has 13 heavy (non-hydrogen) atoms. The van der Waals surface area contributed by atoms with Crippen LogP contribution < -0.4 is 9.47 Å². The van der Waals surface area contributed by atoms with Crippen LogP contribution in [-0.2, 0) is 4.79 Å². The molecule has 0 saturated heterocycles. The Balaban J connectivity index is 2.40. The van der Waals surface area contributed by atoms with Crippen molar-refractivity contribution in [2.24, 2.45) is 0 Å². The van der Waals surface area contributed by atoms with Crippen LogP contribution in [0.15, 0.2) is 12.3 Å². The predicted octanol–water partition coefficient (Wildman–Crippen LogP) is 0.698. The smallest absolute Gasteiger partial charge is 0.257 e. The van der Waals surface area contributed by atoms with Crippen molar-refractivity contribution in [2.45, 2.75) is 0 Å². The first-order valence-corrected chi connectivity index (χ1v) is 3.86. The summed E-state index contributed by atoms with van der Waals surface area (Å²) in [6, 6.07) is 1.70. The fourth-order valence-electron chi connectivity index (χ4n) is 1.10. The molecule has 4 nitrogen and oxygen atoms in total. The van der Waals surface area contributed by atoms with E-state index in [1.54, 1.807) is 18.2 Å². The van der Waals surface area contributed by atoms with Crippen LogP contribution in [0.2, 0.25) is 0 Å². The summed E-state index contributed by atoms with van der Waals surface area (Å²) in [5.41, 5.74) is 0.666. The molecule has 1 aromatic rings. The lowest BCUT2D eigenvalue weighted by atomic mass is 10.2. The highest BCUT2D eigenvalue weighted by Gasteiger charge is 2.12. The molecule has 1 aliphatic rings. The van der Waals surface area contributed by atoms with E-state index in [1.165, 1.54) is 6.08 Å². The number of nitrogens with zero attached hydrogens (tertiary/aromatic N) is 1. The molecular weight excluding hydrogens is 170 g/mol. The Kier molecular flexibility index (Phi) is 1.98. The molecule has 0 bridgehead atoms.